The maximum Gasteiger partial charge on any atom is 0.0503 e. The molecule has 114 valence electrons. The highest BCUT2D eigenvalue weighted by Gasteiger charge is 2.23. The SMILES string of the molecule is CCCCCNC(C)c1c2c(n3ccccc13)CCCC2. The summed E-state index contributed by atoms with van der Waals surface area (Å²) in [5.41, 5.74) is 6.17. The second-order valence-electron chi connectivity index (χ2n) is 6.38. The predicted octanol–water partition coefficient (Wildman–Crippen LogP) is 4.66. The van der Waals surface area contributed by atoms with Crippen LogP contribution < -0.4 is 5.32 Å². The molecular weight excluding hydrogens is 256 g/mol. The van der Waals surface area contributed by atoms with Gasteiger partial charge >= 0.3 is 0 Å². The highest BCUT2D eigenvalue weighted by Crippen LogP contribution is 2.34. The molecule has 1 unspecified atom stereocenters. The van der Waals surface area contributed by atoms with Gasteiger partial charge < -0.3 is 9.72 Å². The molecule has 0 saturated heterocycles. The van der Waals surface area contributed by atoms with E-state index in [0.29, 0.717) is 6.04 Å². The maximum atomic E-state index is 3.75. The molecule has 2 aromatic heterocycles. The van der Waals surface area contributed by atoms with Gasteiger partial charge in [-0.25, -0.2) is 0 Å². The molecule has 0 aromatic carbocycles. The molecule has 2 heterocycles. The van der Waals surface area contributed by atoms with Crippen LogP contribution in [0.25, 0.3) is 5.52 Å². The summed E-state index contributed by atoms with van der Waals surface area (Å²) in [5.74, 6) is 0. The van der Waals surface area contributed by atoms with Crippen molar-refractivity contribution in [1.82, 2.24) is 9.72 Å². The topological polar surface area (TPSA) is 16.4 Å². The minimum absolute atomic E-state index is 0.459. The van der Waals surface area contributed by atoms with E-state index in [-0.39, 0.29) is 0 Å². The van der Waals surface area contributed by atoms with Gasteiger partial charge in [0.15, 0.2) is 0 Å². The zero-order valence-electron chi connectivity index (χ0n) is 13.5. The lowest BCUT2D eigenvalue weighted by atomic mass is 9.92. The second kappa shape index (κ2) is 6.65. The molecule has 1 atom stereocenters. The number of pyridine rings is 1. The van der Waals surface area contributed by atoms with Crippen molar-refractivity contribution >= 4 is 5.52 Å². The monoisotopic (exact) mass is 284 g/mol. The van der Waals surface area contributed by atoms with E-state index in [2.05, 4.69) is 48.0 Å². The number of hydrogen-bond acceptors (Lipinski definition) is 1. The number of nitrogens with one attached hydrogen (secondary N) is 1. The fraction of sp³-hybridized carbons (Fsp3) is 0.579. The van der Waals surface area contributed by atoms with E-state index in [1.54, 1.807) is 16.8 Å². The average molecular weight is 284 g/mol. The molecule has 0 amide bonds. The molecule has 1 aliphatic rings. The molecule has 21 heavy (non-hydrogen) atoms. The highest BCUT2D eigenvalue weighted by atomic mass is 14.9. The van der Waals surface area contributed by atoms with Gasteiger partial charge in [-0.05, 0) is 68.8 Å². The van der Waals surface area contributed by atoms with Crippen molar-refractivity contribution in [3.63, 3.8) is 0 Å². The first kappa shape index (κ1) is 14.6. The normalized spacial score (nSPS) is 16.1. The molecule has 0 spiro atoms. The molecule has 2 heteroatoms. The van der Waals surface area contributed by atoms with Crippen LogP contribution in [0.5, 0.6) is 0 Å². The smallest absolute Gasteiger partial charge is 0.0503 e. The fourth-order valence-electron chi connectivity index (χ4n) is 3.78. The summed E-state index contributed by atoms with van der Waals surface area (Å²) >= 11 is 0. The summed E-state index contributed by atoms with van der Waals surface area (Å²) in [4.78, 5) is 0. The van der Waals surface area contributed by atoms with Crippen LogP contribution >= 0.6 is 0 Å². The predicted molar refractivity (Wildman–Crippen MR) is 90.0 cm³/mol. The third kappa shape index (κ3) is 2.87. The number of aryl methyl sites for hydroxylation is 1. The summed E-state index contributed by atoms with van der Waals surface area (Å²) in [6.07, 6.45) is 11.3. The Morgan fingerprint density at radius 1 is 1.19 bits per heavy atom. The highest BCUT2D eigenvalue weighted by molar-refractivity contribution is 5.63. The van der Waals surface area contributed by atoms with Crippen molar-refractivity contribution in [3.8, 4) is 0 Å². The van der Waals surface area contributed by atoms with Crippen molar-refractivity contribution in [2.24, 2.45) is 0 Å². The minimum Gasteiger partial charge on any atom is -0.320 e. The number of aromatic nitrogens is 1. The first-order valence-corrected chi connectivity index (χ1v) is 8.67. The molecule has 1 N–H and O–H groups in total. The van der Waals surface area contributed by atoms with Crippen LogP contribution in [0.2, 0.25) is 0 Å². The summed E-state index contributed by atoms with van der Waals surface area (Å²) in [5, 5.41) is 3.75. The van der Waals surface area contributed by atoms with Gasteiger partial charge in [0.2, 0.25) is 0 Å². The van der Waals surface area contributed by atoms with Crippen molar-refractivity contribution in [1.29, 1.82) is 0 Å². The lowest BCUT2D eigenvalue weighted by Gasteiger charge is -2.18. The number of hydrogen-bond donors (Lipinski definition) is 1. The third-order valence-corrected chi connectivity index (χ3v) is 4.85. The molecule has 0 saturated carbocycles. The van der Waals surface area contributed by atoms with E-state index >= 15 is 0 Å². The zero-order chi connectivity index (χ0) is 14.7. The summed E-state index contributed by atoms with van der Waals surface area (Å²) < 4.78 is 2.44. The van der Waals surface area contributed by atoms with Gasteiger partial charge in [0, 0.05) is 17.9 Å². The van der Waals surface area contributed by atoms with Crippen LogP contribution in [-0.4, -0.2) is 10.9 Å². The molecule has 2 aromatic rings. The molecule has 2 nitrogen and oxygen atoms in total. The lowest BCUT2D eigenvalue weighted by molar-refractivity contribution is 0.541. The first-order chi connectivity index (χ1) is 10.3. The standard InChI is InChI=1S/C19H28N2/c1-3-4-8-13-20-15(2)19-16-10-5-6-11-17(16)21-14-9-7-12-18(19)21/h7,9,12,14-15,20H,3-6,8,10-11,13H2,1-2H3. The molecule has 0 aliphatic heterocycles. The Balaban J connectivity index is 1.90. The van der Waals surface area contributed by atoms with Crippen LogP contribution in [0.15, 0.2) is 24.4 Å². The Labute approximate surface area is 128 Å². The molecule has 1 aliphatic carbocycles. The molecule has 3 rings (SSSR count). The van der Waals surface area contributed by atoms with Crippen molar-refractivity contribution in [2.45, 2.75) is 64.8 Å². The van der Waals surface area contributed by atoms with Crippen molar-refractivity contribution in [2.75, 3.05) is 6.54 Å². The van der Waals surface area contributed by atoms with Gasteiger partial charge in [-0.15, -0.1) is 0 Å². The molecule has 0 fully saturated rings. The van der Waals surface area contributed by atoms with Crippen LogP contribution in [0.1, 0.15) is 68.8 Å². The Morgan fingerprint density at radius 3 is 2.90 bits per heavy atom. The Kier molecular flexibility index (Phi) is 4.64. The molecule has 0 bridgehead atoms. The van der Waals surface area contributed by atoms with Crippen molar-refractivity contribution < 1.29 is 0 Å². The van der Waals surface area contributed by atoms with Gasteiger partial charge in [-0.1, -0.05) is 25.8 Å². The third-order valence-electron chi connectivity index (χ3n) is 4.85. The fourth-order valence-corrected chi connectivity index (χ4v) is 3.78. The number of rotatable bonds is 6. The molecular formula is C19H28N2. The van der Waals surface area contributed by atoms with Gasteiger partial charge in [0.05, 0.1) is 5.52 Å². The average Bonchev–Trinajstić information content (AvgIpc) is 2.86. The number of nitrogens with zero attached hydrogens (tertiary/aromatic N) is 1. The largest absolute Gasteiger partial charge is 0.320 e. The molecule has 0 radical (unpaired) electrons. The van der Waals surface area contributed by atoms with Gasteiger partial charge in [-0.3, -0.25) is 0 Å². The lowest BCUT2D eigenvalue weighted by Crippen LogP contribution is -2.21. The summed E-state index contributed by atoms with van der Waals surface area (Å²) in [7, 11) is 0. The summed E-state index contributed by atoms with van der Waals surface area (Å²) in [6, 6.07) is 7.08. The maximum absolute atomic E-state index is 3.75. The zero-order valence-corrected chi connectivity index (χ0v) is 13.5. The van der Waals surface area contributed by atoms with Crippen molar-refractivity contribution in [3.05, 3.63) is 41.2 Å². The quantitative estimate of drug-likeness (QED) is 0.763. The Morgan fingerprint density at radius 2 is 2.05 bits per heavy atom. The van der Waals surface area contributed by atoms with E-state index in [1.807, 2.05) is 0 Å². The van der Waals surface area contributed by atoms with E-state index in [9.17, 15) is 0 Å². The van der Waals surface area contributed by atoms with Crippen LogP contribution in [-0.2, 0) is 12.8 Å². The van der Waals surface area contributed by atoms with E-state index in [1.165, 1.54) is 50.5 Å². The van der Waals surface area contributed by atoms with E-state index < -0.39 is 0 Å². The Hall–Kier alpha value is -1.28. The van der Waals surface area contributed by atoms with E-state index in [4.69, 9.17) is 0 Å². The number of unbranched alkanes of at least 4 members (excludes halogenated alkanes) is 2. The van der Waals surface area contributed by atoms with Gasteiger partial charge in [-0.2, -0.15) is 0 Å². The summed E-state index contributed by atoms with van der Waals surface area (Å²) in [6.45, 7) is 5.73. The van der Waals surface area contributed by atoms with Crippen LogP contribution in [0.4, 0.5) is 0 Å². The second-order valence-corrected chi connectivity index (χ2v) is 6.38. The Bertz CT molecular complexity index is 597. The first-order valence-electron chi connectivity index (χ1n) is 8.67. The van der Waals surface area contributed by atoms with Gasteiger partial charge in [0.25, 0.3) is 0 Å². The van der Waals surface area contributed by atoms with Crippen LogP contribution in [0.3, 0.4) is 0 Å². The van der Waals surface area contributed by atoms with Gasteiger partial charge in [0.1, 0.15) is 0 Å². The van der Waals surface area contributed by atoms with E-state index in [0.717, 1.165) is 6.54 Å². The minimum atomic E-state index is 0.459. The van der Waals surface area contributed by atoms with Crippen LogP contribution in [0, 0.1) is 0 Å². The number of fused-ring (bicyclic) bond motifs is 3.